The van der Waals surface area contributed by atoms with Gasteiger partial charge in [-0.05, 0) is 0 Å². The molecule has 1 saturated heterocycles. The SMILES string of the molecule is CCC1=C2C[C](=C1C)[Ti+2][C]1=C(C)C(CC)=C(C1)[Si]2(C)C.[Cl-].[Cl-]. The van der Waals surface area contributed by atoms with Gasteiger partial charge in [0.15, 0.2) is 0 Å². The molecular weight excluding hydrogens is 363 g/mol. The second-order valence-corrected chi connectivity index (χ2v) is 13.7. The average Bonchev–Trinajstić information content (AvgIpc) is 2.90. The van der Waals surface area contributed by atoms with Crippen molar-refractivity contribution in [3.63, 3.8) is 0 Å². The van der Waals surface area contributed by atoms with Crippen LogP contribution in [0.2, 0.25) is 13.1 Å². The molecule has 22 heavy (non-hydrogen) atoms. The number of rotatable bonds is 2. The van der Waals surface area contributed by atoms with Crippen LogP contribution in [-0.2, 0) is 19.2 Å². The van der Waals surface area contributed by atoms with E-state index in [0.717, 1.165) is 0 Å². The van der Waals surface area contributed by atoms with E-state index >= 15 is 0 Å². The molecule has 0 aromatic heterocycles. The number of hydrogen-bond donors (Lipinski definition) is 0. The number of halogens is 2. The molecule has 0 saturated carbocycles. The van der Waals surface area contributed by atoms with E-state index in [1.807, 2.05) is 18.1 Å². The maximum absolute atomic E-state index is 2.63. The number of hydrogen-bond acceptors (Lipinski definition) is 0. The summed E-state index contributed by atoms with van der Waals surface area (Å²) in [7, 11) is -1.40. The quantitative estimate of drug-likeness (QED) is 0.567. The molecule has 3 aliphatic rings. The molecule has 0 N–H and O–H groups in total. The van der Waals surface area contributed by atoms with Crippen molar-refractivity contribution >= 4 is 8.07 Å². The van der Waals surface area contributed by atoms with Crippen LogP contribution < -0.4 is 24.8 Å². The summed E-state index contributed by atoms with van der Waals surface area (Å²) in [6.07, 6.45) is 5.21. The van der Waals surface area contributed by atoms with E-state index in [2.05, 4.69) is 40.8 Å². The molecule has 120 valence electrons. The van der Waals surface area contributed by atoms with Crippen LogP contribution in [0.15, 0.2) is 40.4 Å². The molecule has 0 amide bonds. The molecule has 0 nitrogen and oxygen atoms in total. The Morgan fingerprint density at radius 3 is 1.50 bits per heavy atom. The third-order valence-electron chi connectivity index (χ3n) is 5.76. The van der Waals surface area contributed by atoms with Gasteiger partial charge in [-0.1, -0.05) is 0 Å². The van der Waals surface area contributed by atoms with Gasteiger partial charge < -0.3 is 24.8 Å². The minimum Gasteiger partial charge on any atom is -1.00 e. The summed E-state index contributed by atoms with van der Waals surface area (Å²) in [6.45, 7) is 14.8. The van der Waals surface area contributed by atoms with E-state index in [4.69, 9.17) is 0 Å². The van der Waals surface area contributed by atoms with Crippen LogP contribution >= 0.6 is 0 Å². The van der Waals surface area contributed by atoms with Gasteiger partial charge in [0, 0.05) is 0 Å². The molecule has 0 spiro atoms. The van der Waals surface area contributed by atoms with E-state index in [1.54, 1.807) is 22.3 Å². The Bertz CT molecular complexity index is 569. The second-order valence-electron chi connectivity index (χ2n) is 6.93. The zero-order valence-electron chi connectivity index (χ0n) is 14.6. The maximum Gasteiger partial charge on any atom is -1.00 e. The third-order valence-corrected chi connectivity index (χ3v) is 12.4. The third kappa shape index (κ3) is 2.82. The minimum atomic E-state index is -1.40. The van der Waals surface area contributed by atoms with Crippen molar-refractivity contribution in [1.82, 2.24) is 0 Å². The van der Waals surface area contributed by atoms with Gasteiger partial charge >= 0.3 is 134 Å². The van der Waals surface area contributed by atoms with Crippen molar-refractivity contribution < 1.29 is 44.0 Å². The first-order valence-electron chi connectivity index (χ1n) is 8.04. The molecule has 0 atom stereocenters. The average molecular weight is 389 g/mol. The van der Waals surface area contributed by atoms with E-state index in [-0.39, 0.29) is 44.0 Å². The summed E-state index contributed by atoms with van der Waals surface area (Å²) in [4.78, 5) is 0. The summed E-state index contributed by atoms with van der Waals surface area (Å²) in [5.41, 5.74) is 6.92. The van der Waals surface area contributed by atoms with Crippen molar-refractivity contribution in [2.45, 2.75) is 66.5 Å². The molecule has 4 bridgehead atoms. The maximum atomic E-state index is 2.63. The van der Waals surface area contributed by atoms with Crippen molar-refractivity contribution in [2.24, 2.45) is 0 Å². The molecule has 0 unspecified atom stereocenters. The van der Waals surface area contributed by atoms with Crippen LogP contribution in [0.25, 0.3) is 0 Å². The van der Waals surface area contributed by atoms with Crippen LogP contribution in [0.3, 0.4) is 0 Å². The fourth-order valence-electron chi connectivity index (χ4n) is 4.44. The normalized spacial score (nSPS) is 21.9. The fourth-order valence-corrected chi connectivity index (χ4v) is 11.3. The Balaban J connectivity index is 0.00000121. The number of allylic oxidation sites excluding steroid dienone is 8. The summed E-state index contributed by atoms with van der Waals surface area (Å²) in [5.74, 6) is 0. The van der Waals surface area contributed by atoms with E-state index in [1.165, 1.54) is 25.7 Å². The molecule has 4 heteroatoms. The molecule has 2 aliphatic carbocycles. The Morgan fingerprint density at radius 1 is 0.818 bits per heavy atom. The predicted octanol–water partition coefficient (Wildman–Crippen LogP) is -0.354. The summed E-state index contributed by atoms with van der Waals surface area (Å²) in [6, 6.07) is 0. The standard InChI is InChI=1S/C18H26Si.2ClH.Ti/c1-7-15-13(3)9-11-17(15)19(5,6)18-12-10-14(4)16(18)8-2;;;/h7-8,11-12H2,1-6H3;2*1H;/q;;;+2/p-2. The Morgan fingerprint density at radius 2 is 1.18 bits per heavy atom. The topological polar surface area (TPSA) is 0 Å². The largest absolute Gasteiger partial charge is 1.00 e. The molecule has 3 rings (SSSR count). The van der Waals surface area contributed by atoms with Crippen LogP contribution in [0.4, 0.5) is 0 Å². The summed E-state index contributed by atoms with van der Waals surface area (Å²) >= 11 is -0.0231. The van der Waals surface area contributed by atoms with Crippen LogP contribution in [0, 0.1) is 0 Å². The van der Waals surface area contributed by atoms with Crippen LogP contribution in [0.5, 0.6) is 0 Å². The van der Waals surface area contributed by atoms with E-state index in [9.17, 15) is 0 Å². The molecule has 0 aromatic rings. The van der Waals surface area contributed by atoms with Gasteiger partial charge in [0.2, 0.25) is 0 Å². The second kappa shape index (κ2) is 7.15. The van der Waals surface area contributed by atoms with Gasteiger partial charge in [-0.25, -0.2) is 0 Å². The molecular formula is C18H26Cl2SiTi. The van der Waals surface area contributed by atoms with Gasteiger partial charge in [-0.3, -0.25) is 0 Å². The van der Waals surface area contributed by atoms with Crippen molar-refractivity contribution in [2.75, 3.05) is 0 Å². The first-order valence-corrected chi connectivity index (χ1v) is 12.6. The first kappa shape index (κ1) is 20.5. The fraction of sp³-hybridized carbons (Fsp3) is 0.556. The molecule has 1 aliphatic heterocycles. The van der Waals surface area contributed by atoms with Crippen molar-refractivity contribution in [1.29, 1.82) is 0 Å². The van der Waals surface area contributed by atoms with E-state index < -0.39 is 8.07 Å². The van der Waals surface area contributed by atoms with Crippen LogP contribution in [0.1, 0.15) is 53.4 Å². The Hall–Kier alpha value is 0.471. The van der Waals surface area contributed by atoms with Crippen molar-refractivity contribution in [3.8, 4) is 0 Å². The molecule has 0 aromatic carbocycles. The first-order chi connectivity index (χ1) is 9.41. The number of fused-ring (bicyclic) bond motifs is 4. The van der Waals surface area contributed by atoms with Gasteiger partial charge in [0.05, 0.1) is 0 Å². The van der Waals surface area contributed by atoms with E-state index in [0.29, 0.717) is 0 Å². The van der Waals surface area contributed by atoms with Gasteiger partial charge in [0.1, 0.15) is 0 Å². The zero-order chi connectivity index (χ0) is 14.7. The monoisotopic (exact) mass is 388 g/mol. The van der Waals surface area contributed by atoms with Crippen LogP contribution in [-0.4, -0.2) is 8.07 Å². The van der Waals surface area contributed by atoms with Gasteiger partial charge in [-0.15, -0.1) is 0 Å². The Labute approximate surface area is 158 Å². The molecule has 0 radical (unpaired) electrons. The predicted molar refractivity (Wildman–Crippen MR) is 86.8 cm³/mol. The van der Waals surface area contributed by atoms with Crippen molar-refractivity contribution in [3.05, 3.63) is 40.4 Å². The van der Waals surface area contributed by atoms with Gasteiger partial charge in [0.25, 0.3) is 0 Å². The summed E-state index contributed by atoms with van der Waals surface area (Å²) in [5, 5.41) is 3.79. The minimum absolute atomic E-state index is 0. The smallest absolute Gasteiger partial charge is 1.00 e. The van der Waals surface area contributed by atoms with Gasteiger partial charge in [-0.2, -0.15) is 0 Å². The molecule has 1 heterocycles. The molecule has 1 fully saturated rings. The Kier molecular flexibility index (Phi) is 6.67. The summed E-state index contributed by atoms with van der Waals surface area (Å²) < 4.78 is 3.73. The zero-order valence-corrected chi connectivity index (χ0v) is 18.7.